The monoisotopic (exact) mass is 379 g/mol. The number of unbranched alkanes of at least 4 members (excludes halogenated alkanes) is 1. The first-order chi connectivity index (χ1) is 12.8. The topological polar surface area (TPSA) is 105 Å². The molecular formula is C20H37N5O2. The van der Waals surface area contributed by atoms with Crippen molar-refractivity contribution in [3.63, 3.8) is 0 Å². The van der Waals surface area contributed by atoms with E-state index in [0.29, 0.717) is 29.6 Å². The van der Waals surface area contributed by atoms with Gasteiger partial charge in [-0.3, -0.25) is 0 Å². The number of nitrogens with zero attached hydrogens (tertiary/aromatic N) is 2. The minimum absolute atomic E-state index is 0.258. The van der Waals surface area contributed by atoms with E-state index in [-0.39, 0.29) is 6.04 Å². The van der Waals surface area contributed by atoms with Crippen LogP contribution in [0.25, 0.3) is 0 Å². The molecule has 1 aliphatic carbocycles. The molecule has 154 valence electrons. The van der Waals surface area contributed by atoms with E-state index in [1.807, 2.05) is 13.8 Å². The quantitative estimate of drug-likeness (QED) is 0.461. The SMILES string of the molecule is CO[C@H]1CC[C@H](Nc2ncc(N)c(N[C@@H](C)CCCCC(C)(C)O)n2)CC1. The van der Waals surface area contributed by atoms with Gasteiger partial charge in [0.2, 0.25) is 5.95 Å². The van der Waals surface area contributed by atoms with Gasteiger partial charge in [0.05, 0.1) is 23.6 Å². The Kier molecular flexibility index (Phi) is 8.10. The van der Waals surface area contributed by atoms with E-state index in [9.17, 15) is 5.11 Å². The van der Waals surface area contributed by atoms with Gasteiger partial charge in [-0.1, -0.05) is 12.8 Å². The van der Waals surface area contributed by atoms with Gasteiger partial charge in [0.25, 0.3) is 0 Å². The molecule has 7 heteroatoms. The summed E-state index contributed by atoms with van der Waals surface area (Å²) in [6.07, 6.45) is 10.2. The van der Waals surface area contributed by atoms with Gasteiger partial charge in [-0.25, -0.2) is 4.98 Å². The molecule has 0 unspecified atom stereocenters. The van der Waals surface area contributed by atoms with Crippen LogP contribution in [0.3, 0.4) is 0 Å². The van der Waals surface area contributed by atoms with Crippen molar-refractivity contribution in [2.45, 2.75) is 95.9 Å². The van der Waals surface area contributed by atoms with E-state index in [0.717, 1.165) is 51.4 Å². The van der Waals surface area contributed by atoms with Crippen LogP contribution in [0.5, 0.6) is 0 Å². The minimum Gasteiger partial charge on any atom is -0.394 e. The van der Waals surface area contributed by atoms with Gasteiger partial charge < -0.3 is 26.2 Å². The first kappa shape index (κ1) is 21.7. The molecular weight excluding hydrogens is 342 g/mol. The normalized spacial score (nSPS) is 21.7. The first-order valence-electron chi connectivity index (χ1n) is 10.2. The largest absolute Gasteiger partial charge is 0.394 e. The van der Waals surface area contributed by atoms with Crippen LogP contribution >= 0.6 is 0 Å². The van der Waals surface area contributed by atoms with E-state index < -0.39 is 5.60 Å². The highest BCUT2D eigenvalue weighted by atomic mass is 16.5. The number of nitrogens with two attached hydrogens (primary N) is 1. The van der Waals surface area contributed by atoms with Gasteiger partial charge in [-0.05, 0) is 59.3 Å². The van der Waals surface area contributed by atoms with Crippen molar-refractivity contribution in [2.75, 3.05) is 23.5 Å². The van der Waals surface area contributed by atoms with Crippen molar-refractivity contribution in [3.8, 4) is 0 Å². The Morgan fingerprint density at radius 3 is 2.63 bits per heavy atom. The van der Waals surface area contributed by atoms with E-state index in [2.05, 4.69) is 27.5 Å². The van der Waals surface area contributed by atoms with E-state index in [1.54, 1.807) is 13.3 Å². The second-order valence-electron chi connectivity index (χ2n) is 8.45. The van der Waals surface area contributed by atoms with E-state index >= 15 is 0 Å². The summed E-state index contributed by atoms with van der Waals surface area (Å²) in [7, 11) is 1.78. The number of nitrogen functional groups attached to an aromatic ring is 1. The lowest BCUT2D eigenvalue weighted by Gasteiger charge is -2.28. The molecule has 5 N–H and O–H groups in total. The number of ether oxygens (including phenoxy) is 1. The lowest BCUT2D eigenvalue weighted by atomic mass is 9.93. The lowest BCUT2D eigenvalue weighted by Crippen LogP contribution is -2.30. The average Bonchev–Trinajstić information content (AvgIpc) is 2.61. The molecule has 7 nitrogen and oxygen atoms in total. The standard InChI is InChI=1S/C20H37N5O2/c1-14(7-5-6-12-20(2,3)26)23-18-17(21)13-22-19(25-18)24-15-8-10-16(27-4)11-9-15/h13-16,26H,5-12,21H2,1-4H3,(H2,22,23,24,25)/t14-,15-,16-/m0/s1. The molecule has 0 radical (unpaired) electrons. The van der Waals surface area contributed by atoms with Crippen molar-refractivity contribution in [1.29, 1.82) is 0 Å². The minimum atomic E-state index is -0.587. The third-order valence-electron chi connectivity index (χ3n) is 5.22. The van der Waals surface area contributed by atoms with E-state index in [1.165, 1.54) is 0 Å². The lowest BCUT2D eigenvalue weighted by molar-refractivity contribution is 0.0678. The summed E-state index contributed by atoms with van der Waals surface area (Å²) in [5.41, 5.74) is 6.03. The maximum atomic E-state index is 9.79. The maximum Gasteiger partial charge on any atom is 0.224 e. The van der Waals surface area contributed by atoms with Gasteiger partial charge in [-0.15, -0.1) is 0 Å². The van der Waals surface area contributed by atoms with Crippen LogP contribution in [0.1, 0.15) is 72.1 Å². The molecule has 1 aromatic rings. The number of aliphatic hydroxyl groups is 1. The summed E-state index contributed by atoms with van der Waals surface area (Å²) in [6.45, 7) is 5.84. The summed E-state index contributed by atoms with van der Waals surface area (Å²) in [6, 6.07) is 0.640. The molecule has 2 rings (SSSR count). The smallest absolute Gasteiger partial charge is 0.224 e. The fraction of sp³-hybridized carbons (Fsp3) is 0.800. The molecule has 0 aliphatic heterocycles. The maximum absolute atomic E-state index is 9.79. The zero-order valence-corrected chi connectivity index (χ0v) is 17.3. The zero-order chi connectivity index (χ0) is 19.9. The third kappa shape index (κ3) is 7.89. The summed E-state index contributed by atoms with van der Waals surface area (Å²) < 4.78 is 5.43. The summed E-state index contributed by atoms with van der Waals surface area (Å²) >= 11 is 0. The second-order valence-corrected chi connectivity index (χ2v) is 8.45. The number of aromatic nitrogens is 2. The Balaban J connectivity index is 1.82. The molecule has 27 heavy (non-hydrogen) atoms. The molecule has 0 aromatic carbocycles. The van der Waals surface area contributed by atoms with Crippen molar-refractivity contribution in [3.05, 3.63) is 6.20 Å². The Morgan fingerprint density at radius 1 is 1.30 bits per heavy atom. The van der Waals surface area contributed by atoms with Gasteiger partial charge >= 0.3 is 0 Å². The number of nitrogens with one attached hydrogen (secondary N) is 2. The fourth-order valence-corrected chi connectivity index (χ4v) is 3.52. The molecule has 0 saturated heterocycles. The molecule has 1 saturated carbocycles. The molecule has 0 spiro atoms. The number of hydrogen-bond acceptors (Lipinski definition) is 7. The summed E-state index contributed by atoms with van der Waals surface area (Å²) in [4.78, 5) is 8.92. The number of rotatable bonds is 10. The predicted octanol–water partition coefficient (Wildman–Crippen LogP) is 3.56. The number of anilines is 3. The van der Waals surface area contributed by atoms with Gasteiger partial charge in [0, 0.05) is 19.2 Å². The molecule has 1 aromatic heterocycles. The van der Waals surface area contributed by atoms with Crippen molar-refractivity contribution >= 4 is 17.5 Å². The highest BCUT2D eigenvalue weighted by Crippen LogP contribution is 2.24. The fourth-order valence-electron chi connectivity index (χ4n) is 3.52. The van der Waals surface area contributed by atoms with Crippen molar-refractivity contribution in [2.24, 2.45) is 0 Å². The molecule has 1 atom stereocenters. The Labute approximate surface area is 163 Å². The Bertz CT molecular complexity index is 568. The van der Waals surface area contributed by atoms with E-state index in [4.69, 9.17) is 10.5 Å². The van der Waals surface area contributed by atoms with Gasteiger partial charge in [-0.2, -0.15) is 4.98 Å². The molecule has 1 heterocycles. The summed E-state index contributed by atoms with van der Waals surface area (Å²) in [5, 5.41) is 16.6. The van der Waals surface area contributed by atoms with Crippen molar-refractivity contribution < 1.29 is 9.84 Å². The Morgan fingerprint density at radius 2 is 2.00 bits per heavy atom. The molecule has 0 amide bonds. The first-order valence-corrected chi connectivity index (χ1v) is 10.2. The Hall–Kier alpha value is -1.60. The van der Waals surface area contributed by atoms with Gasteiger partial charge in [0.1, 0.15) is 0 Å². The third-order valence-corrected chi connectivity index (χ3v) is 5.22. The molecule has 1 aliphatic rings. The summed E-state index contributed by atoms with van der Waals surface area (Å²) in [5.74, 6) is 1.31. The number of methoxy groups -OCH3 is 1. The highest BCUT2D eigenvalue weighted by Gasteiger charge is 2.21. The predicted molar refractivity (Wildman–Crippen MR) is 111 cm³/mol. The van der Waals surface area contributed by atoms with Crippen LogP contribution in [0.15, 0.2) is 6.20 Å². The highest BCUT2D eigenvalue weighted by molar-refractivity contribution is 5.62. The van der Waals surface area contributed by atoms with Crippen LogP contribution in [0, 0.1) is 0 Å². The van der Waals surface area contributed by atoms with Crippen LogP contribution in [0.2, 0.25) is 0 Å². The molecule has 0 bridgehead atoms. The van der Waals surface area contributed by atoms with Crippen LogP contribution in [-0.2, 0) is 4.74 Å². The van der Waals surface area contributed by atoms with Crippen LogP contribution in [0.4, 0.5) is 17.5 Å². The van der Waals surface area contributed by atoms with Gasteiger partial charge in [0.15, 0.2) is 5.82 Å². The zero-order valence-electron chi connectivity index (χ0n) is 17.3. The second kappa shape index (κ2) is 10.1. The number of hydrogen-bond donors (Lipinski definition) is 4. The van der Waals surface area contributed by atoms with Crippen LogP contribution < -0.4 is 16.4 Å². The van der Waals surface area contributed by atoms with Crippen LogP contribution in [-0.4, -0.2) is 46.0 Å². The molecule has 1 fully saturated rings. The van der Waals surface area contributed by atoms with Crippen molar-refractivity contribution in [1.82, 2.24) is 9.97 Å². The average molecular weight is 380 g/mol.